The normalized spacial score (nSPS) is 14.6. The molecule has 1 heterocycles. The fourth-order valence-corrected chi connectivity index (χ4v) is 2.15. The number of carbonyl (C=O) groups is 3. The Morgan fingerprint density at radius 1 is 1.30 bits per heavy atom. The first-order valence-corrected chi connectivity index (χ1v) is 6.69. The van der Waals surface area contributed by atoms with Crippen LogP contribution in [0.15, 0.2) is 22.7 Å². The van der Waals surface area contributed by atoms with E-state index < -0.39 is 17.8 Å². The Kier molecular flexibility index (Phi) is 4.39. The van der Waals surface area contributed by atoms with Gasteiger partial charge < -0.3 is 9.57 Å². The molecule has 1 saturated heterocycles. The van der Waals surface area contributed by atoms with Crippen molar-refractivity contribution < 1.29 is 24.0 Å². The maximum Gasteiger partial charge on any atom is 0.337 e. The van der Waals surface area contributed by atoms with Crippen molar-refractivity contribution in [1.82, 2.24) is 5.06 Å². The van der Waals surface area contributed by atoms with Gasteiger partial charge in [-0.1, -0.05) is 22.0 Å². The van der Waals surface area contributed by atoms with Gasteiger partial charge >= 0.3 is 5.97 Å². The largest absolute Gasteiger partial charge is 0.496 e. The predicted octanol–water partition coefficient (Wildman–Crippen LogP) is 1.61. The van der Waals surface area contributed by atoms with Gasteiger partial charge in [-0.15, -0.1) is 5.06 Å². The average Bonchev–Trinajstić information content (AvgIpc) is 2.72. The van der Waals surface area contributed by atoms with Gasteiger partial charge in [0.2, 0.25) is 0 Å². The van der Waals surface area contributed by atoms with Crippen molar-refractivity contribution in [3.05, 3.63) is 28.2 Å². The molecular weight excluding hydrogens is 330 g/mol. The SMILES string of the molecule is COc1cc(Br)ccc1CC(=O)ON1C(=O)CCC1=O. The van der Waals surface area contributed by atoms with E-state index in [2.05, 4.69) is 15.9 Å². The smallest absolute Gasteiger partial charge is 0.337 e. The van der Waals surface area contributed by atoms with Crippen LogP contribution in [0.4, 0.5) is 0 Å². The molecule has 7 heteroatoms. The molecule has 1 fully saturated rings. The third-order valence-corrected chi connectivity index (χ3v) is 3.28. The van der Waals surface area contributed by atoms with Gasteiger partial charge in [-0.05, 0) is 12.1 Å². The van der Waals surface area contributed by atoms with Crippen molar-refractivity contribution in [2.75, 3.05) is 7.11 Å². The van der Waals surface area contributed by atoms with Crippen molar-refractivity contribution in [3.63, 3.8) is 0 Å². The molecule has 0 unspecified atom stereocenters. The molecular formula is C13H12BrNO5. The van der Waals surface area contributed by atoms with Crippen LogP contribution < -0.4 is 4.74 Å². The van der Waals surface area contributed by atoms with E-state index >= 15 is 0 Å². The summed E-state index contributed by atoms with van der Waals surface area (Å²) in [5, 5.41) is 0.535. The topological polar surface area (TPSA) is 72.9 Å². The van der Waals surface area contributed by atoms with Crippen molar-refractivity contribution in [2.45, 2.75) is 19.3 Å². The van der Waals surface area contributed by atoms with Crippen LogP contribution in [0.25, 0.3) is 0 Å². The quantitative estimate of drug-likeness (QED) is 0.778. The molecule has 0 atom stereocenters. The summed E-state index contributed by atoms with van der Waals surface area (Å²) in [5.41, 5.74) is 0.611. The molecule has 0 bridgehead atoms. The van der Waals surface area contributed by atoms with Gasteiger partial charge in [0, 0.05) is 22.9 Å². The van der Waals surface area contributed by atoms with E-state index in [-0.39, 0.29) is 19.3 Å². The summed E-state index contributed by atoms with van der Waals surface area (Å²) in [6.45, 7) is 0. The molecule has 1 aromatic rings. The Bertz CT molecular complexity index is 556. The molecule has 1 aliphatic heterocycles. The van der Waals surface area contributed by atoms with Gasteiger partial charge in [0.1, 0.15) is 5.75 Å². The van der Waals surface area contributed by atoms with Crippen LogP contribution in [-0.2, 0) is 25.6 Å². The zero-order chi connectivity index (χ0) is 14.7. The summed E-state index contributed by atoms with van der Waals surface area (Å²) in [4.78, 5) is 39.2. The highest BCUT2D eigenvalue weighted by atomic mass is 79.9. The zero-order valence-electron chi connectivity index (χ0n) is 10.7. The number of hydrogen-bond donors (Lipinski definition) is 0. The maximum atomic E-state index is 11.8. The summed E-state index contributed by atoms with van der Waals surface area (Å²) >= 11 is 3.30. The lowest BCUT2D eigenvalue weighted by atomic mass is 10.1. The number of ether oxygens (including phenoxy) is 1. The lowest BCUT2D eigenvalue weighted by molar-refractivity contribution is -0.197. The third kappa shape index (κ3) is 3.16. The second-order valence-electron chi connectivity index (χ2n) is 4.18. The highest BCUT2D eigenvalue weighted by Gasteiger charge is 2.32. The molecule has 0 spiro atoms. The molecule has 0 aliphatic carbocycles. The summed E-state index contributed by atoms with van der Waals surface area (Å²) in [7, 11) is 1.49. The van der Waals surface area contributed by atoms with Gasteiger partial charge in [0.05, 0.1) is 13.5 Å². The van der Waals surface area contributed by atoms with E-state index in [4.69, 9.17) is 9.57 Å². The number of rotatable bonds is 4. The van der Waals surface area contributed by atoms with Crippen LogP contribution in [0.3, 0.4) is 0 Å². The van der Waals surface area contributed by atoms with Gasteiger partial charge in [-0.3, -0.25) is 9.59 Å². The molecule has 106 valence electrons. The van der Waals surface area contributed by atoms with E-state index in [1.807, 2.05) is 0 Å². The number of hydrogen-bond acceptors (Lipinski definition) is 5. The monoisotopic (exact) mass is 341 g/mol. The Hall–Kier alpha value is -1.89. The first kappa shape index (κ1) is 14.5. The van der Waals surface area contributed by atoms with Crippen molar-refractivity contribution >= 4 is 33.7 Å². The number of hydroxylamine groups is 2. The van der Waals surface area contributed by atoms with Crippen molar-refractivity contribution in [1.29, 1.82) is 0 Å². The predicted molar refractivity (Wildman–Crippen MR) is 71.6 cm³/mol. The molecule has 2 amide bonds. The molecule has 0 aromatic heterocycles. The van der Waals surface area contributed by atoms with Crippen LogP contribution in [0, 0.1) is 0 Å². The first-order valence-electron chi connectivity index (χ1n) is 5.90. The van der Waals surface area contributed by atoms with Gasteiger partial charge in [0.15, 0.2) is 0 Å². The molecule has 1 aromatic carbocycles. The fraction of sp³-hybridized carbons (Fsp3) is 0.308. The van der Waals surface area contributed by atoms with Crippen LogP contribution in [0.1, 0.15) is 18.4 Å². The average molecular weight is 342 g/mol. The minimum atomic E-state index is -0.686. The molecule has 6 nitrogen and oxygen atoms in total. The molecule has 0 N–H and O–H groups in total. The summed E-state index contributed by atoms with van der Waals surface area (Å²) in [6, 6.07) is 5.18. The molecule has 20 heavy (non-hydrogen) atoms. The van der Waals surface area contributed by atoms with E-state index in [9.17, 15) is 14.4 Å². The number of nitrogens with zero attached hydrogens (tertiary/aromatic N) is 1. The van der Waals surface area contributed by atoms with Crippen LogP contribution in [0.2, 0.25) is 0 Å². The Labute approximate surface area is 123 Å². The number of methoxy groups -OCH3 is 1. The lowest BCUT2D eigenvalue weighted by Gasteiger charge is -2.13. The zero-order valence-corrected chi connectivity index (χ0v) is 12.3. The number of carbonyl (C=O) groups excluding carboxylic acids is 3. The minimum Gasteiger partial charge on any atom is -0.496 e. The standard InChI is InChI=1S/C13H12BrNO5/c1-19-10-7-9(14)3-2-8(10)6-13(18)20-15-11(16)4-5-12(15)17/h2-3,7H,4-6H2,1H3. The van der Waals surface area contributed by atoms with Crippen molar-refractivity contribution in [3.8, 4) is 5.75 Å². The van der Waals surface area contributed by atoms with E-state index in [0.717, 1.165) is 4.47 Å². The number of halogens is 1. The number of imide groups is 1. The fourth-order valence-electron chi connectivity index (χ4n) is 1.81. The van der Waals surface area contributed by atoms with Crippen molar-refractivity contribution in [2.24, 2.45) is 0 Å². The van der Waals surface area contributed by atoms with E-state index in [0.29, 0.717) is 16.4 Å². The first-order chi connectivity index (χ1) is 9.51. The second kappa shape index (κ2) is 6.04. The highest BCUT2D eigenvalue weighted by molar-refractivity contribution is 9.10. The second-order valence-corrected chi connectivity index (χ2v) is 5.09. The molecule has 2 rings (SSSR count). The Morgan fingerprint density at radius 2 is 1.95 bits per heavy atom. The Balaban J connectivity index is 2.05. The molecule has 0 saturated carbocycles. The van der Waals surface area contributed by atoms with Crippen LogP contribution in [-0.4, -0.2) is 30.0 Å². The minimum absolute atomic E-state index is 0.0771. The number of benzene rings is 1. The lowest BCUT2D eigenvalue weighted by Crippen LogP contribution is -2.32. The third-order valence-electron chi connectivity index (χ3n) is 2.78. The van der Waals surface area contributed by atoms with Crippen LogP contribution in [0.5, 0.6) is 5.75 Å². The van der Waals surface area contributed by atoms with Crippen LogP contribution >= 0.6 is 15.9 Å². The highest BCUT2D eigenvalue weighted by Crippen LogP contribution is 2.24. The summed E-state index contributed by atoms with van der Waals surface area (Å²) in [6.07, 6.45) is 0.0644. The van der Waals surface area contributed by atoms with E-state index in [1.165, 1.54) is 7.11 Å². The maximum absolute atomic E-state index is 11.8. The van der Waals surface area contributed by atoms with Gasteiger partial charge in [-0.2, -0.15) is 0 Å². The number of amides is 2. The molecule has 1 aliphatic rings. The van der Waals surface area contributed by atoms with Gasteiger partial charge in [0.25, 0.3) is 11.8 Å². The Morgan fingerprint density at radius 3 is 2.55 bits per heavy atom. The van der Waals surface area contributed by atoms with Gasteiger partial charge in [-0.25, -0.2) is 4.79 Å². The summed E-state index contributed by atoms with van der Waals surface area (Å²) < 4.78 is 5.97. The summed E-state index contributed by atoms with van der Waals surface area (Å²) in [5.74, 6) is -1.15. The van der Waals surface area contributed by atoms with E-state index in [1.54, 1.807) is 18.2 Å². The molecule has 0 radical (unpaired) electrons.